The minimum Gasteiger partial charge on any atom is -0.396 e. The van der Waals surface area contributed by atoms with E-state index in [2.05, 4.69) is 10.1 Å². The number of rotatable bonds is 6. The third-order valence-corrected chi connectivity index (χ3v) is 4.48. The van der Waals surface area contributed by atoms with Gasteiger partial charge in [0.2, 0.25) is 17.6 Å². The van der Waals surface area contributed by atoms with Gasteiger partial charge in [0, 0.05) is 38.1 Å². The number of benzene rings is 1. The SMILES string of the molecule is O=C(CCCc1nc(-c2ccc(F)cc2)no1)N1CCCC(CO)C1. The maximum atomic E-state index is 12.9. The first-order valence-electron chi connectivity index (χ1n) is 8.63. The summed E-state index contributed by atoms with van der Waals surface area (Å²) in [6.45, 7) is 1.55. The molecule has 7 heteroatoms. The third-order valence-electron chi connectivity index (χ3n) is 4.48. The normalized spacial score (nSPS) is 17.7. The Labute approximate surface area is 145 Å². The number of halogens is 1. The second-order valence-electron chi connectivity index (χ2n) is 6.40. The Kier molecular flexibility index (Phi) is 5.75. The molecule has 1 atom stereocenters. The number of carbonyl (C=O) groups is 1. The van der Waals surface area contributed by atoms with Crippen molar-refractivity contribution in [3.8, 4) is 11.4 Å². The molecule has 0 spiro atoms. The van der Waals surface area contributed by atoms with Crippen molar-refractivity contribution in [2.75, 3.05) is 19.7 Å². The number of aryl methyl sites for hydroxylation is 1. The van der Waals surface area contributed by atoms with Crippen molar-refractivity contribution in [2.45, 2.75) is 32.1 Å². The van der Waals surface area contributed by atoms with E-state index in [4.69, 9.17) is 4.52 Å². The van der Waals surface area contributed by atoms with Crippen LogP contribution in [0.3, 0.4) is 0 Å². The number of likely N-dealkylation sites (tertiary alicyclic amines) is 1. The molecule has 1 aromatic carbocycles. The number of piperidine rings is 1. The zero-order chi connectivity index (χ0) is 17.6. The fourth-order valence-corrected chi connectivity index (χ4v) is 3.06. The molecule has 2 heterocycles. The summed E-state index contributed by atoms with van der Waals surface area (Å²) in [7, 11) is 0. The summed E-state index contributed by atoms with van der Waals surface area (Å²) in [5, 5.41) is 13.1. The highest BCUT2D eigenvalue weighted by Crippen LogP contribution is 2.19. The summed E-state index contributed by atoms with van der Waals surface area (Å²) < 4.78 is 18.1. The van der Waals surface area contributed by atoms with Crippen LogP contribution < -0.4 is 0 Å². The summed E-state index contributed by atoms with van der Waals surface area (Å²) in [4.78, 5) is 18.4. The lowest BCUT2D eigenvalue weighted by Gasteiger charge is -2.31. The smallest absolute Gasteiger partial charge is 0.226 e. The van der Waals surface area contributed by atoms with Crippen LogP contribution in [-0.2, 0) is 11.2 Å². The quantitative estimate of drug-likeness (QED) is 0.868. The number of aromatic nitrogens is 2. The minimum absolute atomic E-state index is 0.108. The van der Waals surface area contributed by atoms with Gasteiger partial charge in [-0.25, -0.2) is 4.39 Å². The number of hydrogen-bond donors (Lipinski definition) is 1. The van der Waals surface area contributed by atoms with Gasteiger partial charge in [-0.1, -0.05) is 5.16 Å². The van der Waals surface area contributed by atoms with Gasteiger partial charge in [-0.2, -0.15) is 4.98 Å². The molecule has 0 bridgehead atoms. The third kappa shape index (κ3) is 4.63. The summed E-state index contributed by atoms with van der Waals surface area (Å²) in [5.41, 5.74) is 0.691. The van der Waals surface area contributed by atoms with Crippen molar-refractivity contribution in [3.05, 3.63) is 36.0 Å². The van der Waals surface area contributed by atoms with Crippen LogP contribution in [0.25, 0.3) is 11.4 Å². The van der Waals surface area contributed by atoms with E-state index in [9.17, 15) is 14.3 Å². The molecule has 1 saturated heterocycles. The van der Waals surface area contributed by atoms with Crippen molar-refractivity contribution in [3.63, 3.8) is 0 Å². The Bertz CT molecular complexity index is 702. The second-order valence-corrected chi connectivity index (χ2v) is 6.40. The fourth-order valence-electron chi connectivity index (χ4n) is 3.06. The van der Waals surface area contributed by atoms with Crippen molar-refractivity contribution < 1.29 is 18.8 Å². The molecule has 1 aliphatic heterocycles. The van der Waals surface area contributed by atoms with Crippen LogP contribution in [-0.4, -0.2) is 45.8 Å². The molecular formula is C18H22FN3O3. The number of amides is 1. The lowest BCUT2D eigenvalue weighted by molar-refractivity contribution is -0.133. The predicted molar refractivity (Wildman–Crippen MR) is 89.0 cm³/mol. The molecule has 0 radical (unpaired) electrons. The number of aliphatic hydroxyl groups excluding tert-OH is 1. The van der Waals surface area contributed by atoms with Gasteiger partial charge in [0.1, 0.15) is 5.82 Å². The molecule has 1 unspecified atom stereocenters. The Hall–Kier alpha value is -2.28. The number of hydrogen-bond acceptors (Lipinski definition) is 5. The van der Waals surface area contributed by atoms with Crippen molar-refractivity contribution in [1.82, 2.24) is 15.0 Å². The molecule has 1 fully saturated rings. The van der Waals surface area contributed by atoms with Gasteiger partial charge in [-0.3, -0.25) is 4.79 Å². The largest absolute Gasteiger partial charge is 0.396 e. The fraction of sp³-hybridized carbons (Fsp3) is 0.500. The highest BCUT2D eigenvalue weighted by molar-refractivity contribution is 5.76. The van der Waals surface area contributed by atoms with Crippen LogP contribution in [0.5, 0.6) is 0 Å². The van der Waals surface area contributed by atoms with E-state index in [-0.39, 0.29) is 24.2 Å². The summed E-state index contributed by atoms with van der Waals surface area (Å²) in [5.74, 6) is 0.887. The average Bonchev–Trinajstić information content (AvgIpc) is 3.11. The molecule has 1 aliphatic rings. The lowest BCUT2D eigenvalue weighted by Crippen LogP contribution is -2.40. The Morgan fingerprint density at radius 3 is 2.92 bits per heavy atom. The molecule has 1 amide bonds. The monoisotopic (exact) mass is 347 g/mol. The van der Waals surface area contributed by atoms with Crippen LogP contribution in [0.4, 0.5) is 4.39 Å². The van der Waals surface area contributed by atoms with E-state index in [1.165, 1.54) is 12.1 Å². The van der Waals surface area contributed by atoms with Crippen LogP contribution in [0, 0.1) is 11.7 Å². The van der Waals surface area contributed by atoms with Crippen LogP contribution in [0.15, 0.2) is 28.8 Å². The van der Waals surface area contributed by atoms with Crippen molar-refractivity contribution in [2.24, 2.45) is 5.92 Å². The van der Waals surface area contributed by atoms with Crippen LogP contribution in [0.2, 0.25) is 0 Å². The molecule has 0 aliphatic carbocycles. The second kappa shape index (κ2) is 8.20. The van der Waals surface area contributed by atoms with Gasteiger partial charge in [-0.05, 0) is 49.4 Å². The van der Waals surface area contributed by atoms with Crippen molar-refractivity contribution in [1.29, 1.82) is 0 Å². The molecular weight excluding hydrogens is 325 g/mol. The number of nitrogens with zero attached hydrogens (tertiary/aromatic N) is 3. The molecule has 134 valence electrons. The van der Waals surface area contributed by atoms with E-state index in [1.54, 1.807) is 12.1 Å². The van der Waals surface area contributed by atoms with E-state index < -0.39 is 0 Å². The van der Waals surface area contributed by atoms with Gasteiger partial charge in [-0.15, -0.1) is 0 Å². The van der Waals surface area contributed by atoms with Crippen LogP contribution >= 0.6 is 0 Å². The molecule has 2 aromatic rings. The van der Waals surface area contributed by atoms with Gasteiger partial charge >= 0.3 is 0 Å². The topological polar surface area (TPSA) is 79.5 Å². The maximum Gasteiger partial charge on any atom is 0.226 e. The molecule has 3 rings (SSSR count). The summed E-state index contributed by atoms with van der Waals surface area (Å²) >= 11 is 0. The summed E-state index contributed by atoms with van der Waals surface area (Å²) in [6.07, 6.45) is 3.50. The average molecular weight is 347 g/mol. The zero-order valence-corrected chi connectivity index (χ0v) is 14.0. The van der Waals surface area contributed by atoms with Crippen molar-refractivity contribution >= 4 is 5.91 Å². The van der Waals surface area contributed by atoms with E-state index >= 15 is 0 Å². The highest BCUT2D eigenvalue weighted by atomic mass is 19.1. The first kappa shape index (κ1) is 17.5. The van der Waals surface area contributed by atoms with Crippen LogP contribution in [0.1, 0.15) is 31.6 Å². The van der Waals surface area contributed by atoms with Gasteiger partial charge in [0.25, 0.3) is 0 Å². The minimum atomic E-state index is -0.313. The standard InChI is InChI=1S/C18H22FN3O3/c19-15-8-6-14(7-9-15)18-20-16(25-21-18)4-1-5-17(24)22-10-2-3-13(11-22)12-23/h6-9,13,23H,1-5,10-12H2. The molecule has 1 aromatic heterocycles. The highest BCUT2D eigenvalue weighted by Gasteiger charge is 2.22. The molecule has 25 heavy (non-hydrogen) atoms. The van der Waals surface area contributed by atoms with Gasteiger partial charge < -0.3 is 14.5 Å². The van der Waals surface area contributed by atoms with E-state index in [0.29, 0.717) is 43.1 Å². The van der Waals surface area contributed by atoms with Gasteiger partial charge in [0.05, 0.1) is 0 Å². The maximum absolute atomic E-state index is 12.9. The van der Waals surface area contributed by atoms with E-state index in [1.807, 2.05) is 4.90 Å². The predicted octanol–water partition coefficient (Wildman–Crippen LogP) is 2.43. The summed E-state index contributed by atoms with van der Waals surface area (Å²) in [6, 6.07) is 5.90. The number of carbonyl (C=O) groups excluding carboxylic acids is 1. The molecule has 6 nitrogen and oxygen atoms in total. The Morgan fingerprint density at radius 1 is 1.36 bits per heavy atom. The first-order valence-corrected chi connectivity index (χ1v) is 8.63. The number of aliphatic hydroxyl groups is 1. The Balaban J connectivity index is 1.47. The van der Waals surface area contributed by atoms with E-state index in [0.717, 1.165) is 19.4 Å². The zero-order valence-electron chi connectivity index (χ0n) is 14.0. The first-order chi connectivity index (χ1) is 12.2. The molecule has 0 saturated carbocycles. The van der Waals surface area contributed by atoms with Gasteiger partial charge in [0.15, 0.2) is 0 Å². The molecule has 1 N–H and O–H groups in total. The Morgan fingerprint density at radius 2 is 2.16 bits per heavy atom. The lowest BCUT2D eigenvalue weighted by atomic mass is 9.98.